The largest absolute Gasteiger partial charge is 0.422 e. The lowest BCUT2D eigenvalue weighted by molar-refractivity contribution is 0.0734. The van der Waals surface area contributed by atoms with E-state index < -0.39 is 11.9 Å². The van der Waals surface area contributed by atoms with Crippen LogP contribution in [0.15, 0.2) is 108 Å². The van der Waals surface area contributed by atoms with Crippen molar-refractivity contribution >= 4 is 29.7 Å². The average molecular weight is 478 g/mol. The first-order valence-electron chi connectivity index (χ1n) is 11.2. The molecular weight excluding hydrogens is 454 g/mol. The van der Waals surface area contributed by atoms with E-state index in [4.69, 9.17) is 4.74 Å². The Bertz CT molecular complexity index is 1430. The number of nitrogens with one attached hydrogen (secondary N) is 2. The zero-order valence-corrected chi connectivity index (χ0v) is 19.5. The molecule has 0 saturated carbocycles. The number of rotatable bonds is 7. The molecule has 7 nitrogen and oxygen atoms in total. The molecule has 0 unspecified atom stereocenters. The first-order chi connectivity index (χ1) is 17.5. The van der Waals surface area contributed by atoms with Crippen LogP contribution in [-0.4, -0.2) is 24.0 Å². The molecular formula is C29H23N3O4. The van der Waals surface area contributed by atoms with Crippen molar-refractivity contribution in [1.29, 1.82) is 0 Å². The molecule has 4 rings (SSSR count). The first kappa shape index (κ1) is 24.1. The molecule has 2 N–H and O–H groups in total. The molecule has 0 bridgehead atoms. The zero-order valence-electron chi connectivity index (χ0n) is 19.5. The van der Waals surface area contributed by atoms with Gasteiger partial charge in [-0.2, -0.15) is 5.10 Å². The van der Waals surface area contributed by atoms with E-state index in [9.17, 15) is 14.4 Å². The molecule has 0 aromatic heterocycles. The smallest absolute Gasteiger partial charge is 0.343 e. The molecule has 0 atom stereocenters. The third-order valence-corrected chi connectivity index (χ3v) is 5.20. The Kier molecular flexibility index (Phi) is 7.63. The molecule has 0 aliphatic heterocycles. The van der Waals surface area contributed by atoms with E-state index in [0.717, 1.165) is 5.56 Å². The predicted octanol–water partition coefficient (Wildman–Crippen LogP) is 5.23. The van der Waals surface area contributed by atoms with Crippen molar-refractivity contribution in [3.05, 3.63) is 131 Å². The van der Waals surface area contributed by atoms with Crippen LogP contribution in [0, 0.1) is 6.92 Å². The van der Waals surface area contributed by atoms with Crippen molar-refractivity contribution in [2.24, 2.45) is 5.10 Å². The number of esters is 1. The van der Waals surface area contributed by atoms with Gasteiger partial charge < -0.3 is 10.1 Å². The van der Waals surface area contributed by atoms with E-state index in [1.807, 2.05) is 19.1 Å². The van der Waals surface area contributed by atoms with E-state index in [-0.39, 0.29) is 11.5 Å². The minimum absolute atomic E-state index is 0.249. The number of hydrogen-bond acceptors (Lipinski definition) is 5. The van der Waals surface area contributed by atoms with Gasteiger partial charge >= 0.3 is 5.97 Å². The molecule has 178 valence electrons. The highest BCUT2D eigenvalue weighted by Gasteiger charge is 2.14. The lowest BCUT2D eigenvalue weighted by Gasteiger charge is -2.10. The van der Waals surface area contributed by atoms with Gasteiger partial charge in [-0.3, -0.25) is 9.59 Å². The van der Waals surface area contributed by atoms with Gasteiger partial charge in [-0.15, -0.1) is 0 Å². The van der Waals surface area contributed by atoms with E-state index in [1.165, 1.54) is 6.21 Å². The highest BCUT2D eigenvalue weighted by Crippen LogP contribution is 2.19. The van der Waals surface area contributed by atoms with Crippen LogP contribution in [-0.2, 0) is 0 Å². The number of ether oxygens (including phenoxy) is 1. The van der Waals surface area contributed by atoms with Gasteiger partial charge in [0.15, 0.2) is 0 Å². The summed E-state index contributed by atoms with van der Waals surface area (Å²) in [4.78, 5) is 37.9. The summed E-state index contributed by atoms with van der Waals surface area (Å²) in [5, 5.41) is 6.80. The van der Waals surface area contributed by atoms with Crippen molar-refractivity contribution in [2.45, 2.75) is 6.92 Å². The second-order valence-corrected chi connectivity index (χ2v) is 7.86. The van der Waals surface area contributed by atoms with Crippen LogP contribution < -0.4 is 15.5 Å². The molecule has 0 spiro atoms. The van der Waals surface area contributed by atoms with Gasteiger partial charge in [0.05, 0.1) is 23.0 Å². The maximum atomic E-state index is 12.8. The third-order valence-electron chi connectivity index (χ3n) is 5.20. The van der Waals surface area contributed by atoms with Crippen molar-refractivity contribution in [2.75, 3.05) is 5.32 Å². The molecule has 0 aliphatic rings. The fourth-order valence-electron chi connectivity index (χ4n) is 3.40. The number of benzene rings is 4. The Labute approximate surface area is 208 Å². The van der Waals surface area contributed by atoms with Crippen LogP contribution in [0.2, 0.25) is 0 Å². The summed E-state index contributed by atoms with van der Waals surface area (Å²) in [7, 11) is 0. The summed E-state index contributed by atoms with van der Waals surface area (Å²) in [5.74, 6) is -1.03. The first-order valence-corrected chi connectivity index (χ1v) is 11.2. The molecule has 0 saturated heterocycles. The average Bonchev–Trinajstić information content (AvgIpc) is 2.90. The van der Waals surface area contributed by atoms with E-state index in [1.54, 1.807) is 91.0 Å². The van der Waals surface area contributed by atoms with Crippen LogP contribution in [0.3, 0.4) is 0 Å². The van der Waals surface area contributed by atoms with Crippen LogP contribution in [0.25, 0.3) is 0 Å². The number of nitrogens with zero attached hydrogens (tertiary/aromatic N) is 1. The molecule has 7 heteroatoms. The number of hydrogen-bond donors (Lipinski definition) is 2. The third kappa shape index (κ3) is 6.09. The minimum Gasteiger partial charge on any atom is -0.422 e. The van der Waals surface area contributed by atoms with Crippen LogP contribution in [0.1, 0.15) is 42.2 Å². The topological polar surface area (TPSA) is 96.9 Å². The highest BCUT2D eigenvalue weighted by molar-refractivity contribution is 6.09. The second-order valence-electron chi connectivity index (χ2n) is 7.86. The number of carbonyl (C=O) groups excluding carboxylic acids is 3. The minimum atomic E-state index is -0.509. The molecule has 36 heavy (non-hydrogen) atoms. The van der Waals surface area contributed by atoms with Gasteiger partial charge in [0, 0.05) is 11.1 Å². The summed E-state index contributed by atoms with van der Waals surface area (Å²) in [6.07, 6.45) is 1.39. The molecule has 2 amide bonds. The number of amides is 2. The number of aryl methyl sites for hydroxylation is 1. The van der Waals surface area contributed by atoms with Gasteiger partial charge in [-0.05, 0) is 55.5 Å². The Morgan fingerprint density at radius 3 is 2.25 bits per heavy atom. The van der Waals surface area contributed by atoms with Gasteiger partial charge in [0.1, 0.15) is 5.75 Å². The number of anilines is 1. The Morgan fingerprint density at radius 1 is 0.750 bits per heavy atom. The van der Waals surface area contributed by atoms with Gasteiger partial charge in [-0.1, -0.05) is 60.2 Å². The maximum Gasteiger partial charge on any atom is 0.343 e. The van der Waals surface area contributed by atoms with Crippen molar-refractivity contribution in [3.8, 4) is 5.75 Å². The Hall–Kier alpha value is -5.04. The van der Waals surface area contributed by atoms with E-state index >= 15 is 0 Å². The van der Waals surface area contributed by atoms with Crippen molar-refractivity contribution in [1.82, 2.24) is 5.43 Å². The summed E-state index contributed by atoms with van der Waals surface area (Å²) in [6, 6.07) is 29.3. The molecule has 4 aromatic carbocycles. The lowest BCUT2D eigenvalue weighted by Crippen LogP contribution is -2.21. The van der Waals surface area contributed by atoms with E-state index in [0.29, 0.717) is 28.1 Å². The normalized spacial score (nSPS) is 10.6. The fourth-order valence-corrected chi connectivity index (χ4v) is 3.40. The van der Waals surface area contributed by atoms with Gasteiger partial charge in [0.2, 0.25) is 0 Å². The highest BCUT2D eigenvalue weighted by atomic mass is 16.5. The van der Waals surface area contributed by atoms with Crippen LogP contribution >= 0.6 is 0 Å². The summed E-state index contributed by atoms with van der Waals surface area (Å²) >= 11 is 0. The molecule has 0 aliphatic carbocycles. The Balaban J connectivity index is 1.45. The van der Waals surface area contributed by atoms with Crippen molar-refractivity contribution in [3.63, 3.8) is 0 Å². The maximum absolute atomic E-state index is 12.8. The molecule has 0 radical (unpaired) electrons. The Morgan fingerprint density at radius 2 is 1.44 bits per heavy atom. The molecule has 0 fully saturated rings. The molecule has 0 heterocycles. The monoisotopic (exact) mass is 477 g/mol. The van der Waals surface area contributed by atoms with Crippen LogP contribution in [0.5, 0.6) is 5.75 Å². The fraction of sp³-hybridized carbons (Fsp3) is 0.0345. The standard InChI is InChI=1S/C29H23N3O4/c1-20-10-9-14-22(18-20)27(33)31-25-16-7-6-15-24(25)28(34)32-30-19-23-13-5-8-17-26(23)36-29(35)21-11-3-2-4-12-21/h2-19H,1H3,(H,31,33)(H,32,34)/b30-19-. The van der Waals surface area contributed by atoms with Gasteiger partial charge in [-0.25, -0.2) is 10.2 Å². The quantitative estimate of drug-likeness (QED) is 0.165. The number of carbonyl (C=O) groups is 3. The zero-order chi connectivity index (χ0) is 25.3. The van der Waals surface area contributed by atoms with Crippen molar-refractivity contribution < 1.29 is 19.1 Å². The molecule has 4 aromatic rings. The second kappa shape index (κ2) is 11.4. The van der Waals surface area contributed by atoms with E-state index in [2.05, 4.69) is 15.8 Å². The summed E-state index contributed by atoms with van der Waals surface area (Å²) in [5.41, 5.74) is 5.43. The predicted molar refractivity (Wildman–Crippen MR) is 138 cm³/mol. The van der Waals surface area contributed by atoms with Crippen LogP contribution in [0.4, 0.5) is 5.69 Å². The summed E-state index contributed by atoms with van der Waals surface area (Å²) < 4.78 is 5.50. The lowest BCUT2D eigenvalue weighted by atomic mass is 10.1. The summed E-state index contributed by atoms with van der Waals surface area (Å²) in [6.45, 7) is 1.90. The number of para-hydroxylation sites is 2. The number of hydrazone groups is 1. The SMILES string of the molecule is Cc1cccc(C(=O)Nc2ccccc2C(=O)N/N=C\c2ccccc2OC(=O)c2ccccc2)c1. The van der Waals surface area contributed by atoms with Gasteiger partial charge in [0.25, 0.3) is 11.8 Å².